The Morgan fingerprint density at radius 2 is 1.70 bits per heavy atom. The highest BCUT2D eigenvalue weighted by Crippen LogP contribution is 2.33. The number of aliphatic hydroxyl groups excluding tert-OH is 1. The lowest BCUT2D eigenvalue weighted by Crippen LogP contribution is -2.08. The third kappa shape index (κ3) is 2.72. The van der Waals surface area contributed by atoms with Crippen molar-refractivity contribution in [3.05, 3.63) is 69.2 Å². The molecule has 23 heavy (non-hydrogen) atoms. The van der Waals surface area contributed by atoms with Gasteiger partial charge in [-0.05, 0) is 18.2 Å². The molecule has 4 nitrogen and oxygen atoms in total. The number of nitrogens with zero attached hydrogens (tertiary/aromatic N) is 2. The van der Waals surface area contributed by atoms with Crippen LogP contribution in [0.15, 0.2) is 53.0 Å². The number of carbonyl (C=O) groups is 1. The van der Waals surface area contributed by atoms with Gasteiger partial charge in [0.25, 0.3) is 0 Å². The predicted octanol–water partition coefficient (Wildman–Crippen LogP) is 4.76. The number of carbonyl (C=O) groups excluding carboxylic acids is 1. The Morgan fingerprint density at radius 1 is 1.09 bits per heavy atom. The van der Waals surface area contributed by atoms with Crippen molar-refractivity contribution in [2.24, 2.45) is 4.99 Å². The van der Waals surface area contributed by atoms with Crippen LogP contribution in [0.1, 0.15) is 15.9 Å². The van der Waals surface area contributed by atoms with Crippen molar-refractivity contribution in [3.63, 3.8) is 0 Å². The number of nitriles is 1. The van der Waals surface area contributed by atoms with Crippen molar-refractivity contribution in [1.29, 1.82) is 5.26 Å². The highest BCUT2D eigenvalue weighted by atomic mass is 35.5. The number of Topliss-reactive ketones (excluding diaryl/α,β-unsaturated/α-hetero) is 1. The minimum Gasteiger partial charge on any atom is -0.506 e. The second-order valence-corrected chi connectivity index (χ2v) is 5.67. The van der Waals surface area contributed by atoms with Crippen LogP contribution in [0.25, 0.3) is 5.76 Å². The normalized spacial score (nSPS) is 14.0. The molecular weight excluding hydrogens is 335 g/mol. The Morgan fingerprint density at radius 3 is 2.26 bits per heavy atom. The minimum atomic E-state index is -0.438. The quantitative estimate of drug-likeness (QED) is 0.800. The van der Waals surface area contributed by atoms with Crippen LogP contribution in [0.4, 0.5) is 5.69 Å². The molecular formula is C17H8Cl2N2O2. The summed E-state index contributed by atoms with van der Waals surface area (Å²) in [6, 6.07) is 13.0. The van der Waals surface area contributed by atoms with Crippen LogP contribution in [0.2, 0.25) is 10.0 Å². The van der Waals surface area contributed by atoms with Gasteiger partial charge >= 0.3 is 0 Å². The van der Waals surface area contributed by atoms with Crippen LogP contribution < -0.4 is 0 Å². The third-order valence-electron chi connectivity index (χ3n) is 3.32. The fraction of sp³-hybridized carbons (Fsp3) is 0. The number of halogens is 2. The molecule has 0 saturated carbocycles. The van der Waals surface area contributed by atoms with Crippen LogP contribution in [-0.4, -0.2) is 16.6 Å². The molecule has 6 heteroatoms. The molecule has 0 bridgehead atoms. The lowest BCUT2D eigenvalue weighted by molar-refractivity contribution is 0.104. The van der Waals surface area contributed by atoms with Gasteiger partial charge in [0.2, 0.25) is 0 Å². The number of hydrogen-bond donors (Lipinski definition) is 1. The Hall–Kier alpha value is -2.61. The molecule has 0 saturated heterocycles. The number of allylic oxidation sites excluding steroid dienone is 1. The first-order valence-corrected chi connectivity index (χ1v) is 7.29. The maximum Gasteiger partial charge on any atom is 0.200 e. The molecule has 1 aliphatic carbocycles. The van der Waals surface area contributed by atoms with E-state index >= 15 is 0 Å². The molecule has 0 aliphatic heterocycles. The van der Waals surface area contributed by atoms with Gasteiger partial charge in [-0.15, -0.1) is 0 Å². The predicted molar refractivity (Wildman–Crippen MR) is 89.5 cm³/mol. The van der Waals surface area contributed by atoms with E-state index in [1.54, 1.807) is 24.3 Å². The van der Waals surface area contributed by atoms with Crippen molar-refractivity contribution in [2.75, 3.05) is 0 Å². The number of aliphatic hydroxyl groups is 1. The van der Waals surface area contributed by atoms with Gasteiger partial charge in [0, 0.05) is 21.2 Å². The Kier molecular flexibility index (Phi) is 3.91. The maximum atomic E-state index is 12.4. The van der Waals surface area contributed by atoms with Crippen LogP contribution in [0, 0.1) is 11.3 Å². The first kappa shape index (κ1) is 15.3. The second kappa shape index (κ2) is 5.88. The SMILES string of the molecule is N#CC(=Nc1cc(Cl)cc(Cl)c1)C1=C(O)c2ccccc2C1=O. The first-order chi connectivity index (χ1) is 11.0. The zero-order chi connectivity index (χ0) is 16.6. The van der Waals surface area contributed by atoms with E-state index in [1.165, 1.54) is 18.2 Å². The summed E-state index contributed by atoms with van der Waals surface area (Å²) in [5.41, 5.74) is 0.738. The molecule has 112 valence electrons. The van der Waals surface area contributed by atoms with Gasteiger partial charge in [0.1, 0.15) is 17.4 Å². The summed E-state index contributed by atoms with van der Waals surface area (Å²) in [6.07, 6.45) is 0. The fourth-order valence-corrected chi connectivity index (χ4v) is 2.87. The molecule has 0 unspecified atom stereocenters. The molecule has 3 rings (SSSR count). The highest BCUT2D eigenvalue weighted by molar-refractivity contribution is 6.39. The topological polar surface area (TPSA) is 73.4 Å². The number of ketones is 1. The van der Waals surface area contributed by atoms with Crippen LogP contribution in [0.3, 0.4) is 0 Å². The van der Waals surface area contributed by atoms with Crippen molar-refractivity contribution in [2.45, 2.75) is 0 Å². The lowest BCUT2D eigenvalue weighted by Gasteiger charge is -2.01. The van der Waals surface area contributed by atoms with Gasteiger partial charge in [-0.1, -0.05) is 47.5 Å². The van der Waals surface area contributed by atoms with Crippen LogP contribution in [-0.2, 0) is 0 Å². The van der Waals surface area contributed by atoms with Gasteiger partial charge in [0.05, 0.1) is 5.69 Å². The van der Waals surface area contributed by atoms with Gasteiger partial charge in [-0.2, -0.15) is 5.26 Å². The average molecular weight is 343 g/mol. The summed E-state index contributed by atoms with van der Waals surface area (Å²) >= 11 is 11.8. The van der Waals surface area contributed by atoms with E-state index in [1.807, 2.05) is 6.07 Å². The van der Waals surface area contributed by atoms with Gasteiger partial charge in [0.15, 0.2) is 11.5 Å². The Balaban J connectivity index is 2.13. The molecule has 0 spiro atoms. The first-order valence-electron chi connectivity index (χ1n) is 6.54. The summed E-state index contributed by atoms with van der Waals surface area (Å²) < 4.78 is 0. The molecule has 0 amide bonds. The van der Waals surface area contributed by atoms with Crippen molar-refractivity contribution < 1.29 is 9.90 Å². The van der Waals surface area contributed by atoms with E-state index < -0.39 is 5.78 Å². The summed E-state index contributed by atoms with van der Waals surface area (Å²) in [7, 11) is 0. The monoisotopic (exact) mass is 342 g/mol. The molecule has 0 heterocycles. The molecule has 0 aromatic heterocycles. The van der Waals surface area contributed by atoms with E-state index in [-0.39, 0.29) is 17.0 Å². The van der Waals surface area contributed by atoms with Gasteiger partial charge in [-0.25, -0.2) is 4.99 Å². The third-order valence-corrected chi connectivity index (χ3v) is 3.76. The highest BCUT2D eigenvalue weighted by Gasteiger charge is 2.32. The molecule has 0 atom stereocenters. The standard InChI is InChI=1S/C17H8Cl2N2O2/c18-9-5-10(19)7-11(6-9)21-14(8-20)15-16(22)12-3-1-2-4-13(12)17(15)23/h1-7,22H. The number of hydrogen-bond acceptors (Lipinski definition) is 4. The summed E-state index contributed by atoms with van der Waals surface area (Å²) in [4.78, 5) is 16.5. The number of rotatable bonds is 2. The minimum absolute atomic E-state index is 0.121. The maximum absolute atomic E-state index is 12.4. The van der Waals surface area contributed by atoms with Crippen molar-refractivity contribution >= 4 is 46.1 Å². The van der Waals surface area contributed by atoms with E-state index in [4.69, 9.17) is 23.2 Å². The van der Waals surface area contributed by atoms with Gasteiger partial charge in [-0.3, -0.25) is 4.79 Å². The number of fused-ring (bicyclic) bond motifs is 1. The smallest absolute Gasteiger partial charge is 0.200 e. The van der Waals surface area contributed by atoms with E-state index in [0.717, 1.165) is 0 Å². The summed E-state index contributed by atoms with van der Waals surface area (Å²) in [5.74, 6) is -0.689. The summed E-state index contributed by atoms with van der Waals surface area (Å²) in [6.45, 7) is 0. The fourth-order valence-electron chi connectivity index (χ4n) is 2.35. The average Bonchev–Trinajstić information content (AvgIpc) is 2.76. The van der Waals surface area contributed by atoms with E-state index in [0.29, 0.717) is 26.9 Å². The molecule has 2 aromatic rings. The zero-order valence-electron chi connectivity index (χ0n) is 11.5. The van der Waals surface area contributed by atoms with Crippen LogP contribution >= 0.6 is 23.2 Å². The van der Waals surface area contributed by atoms with Crippen molar-refractivity contribution in [3.8, 4) is 6.07 Å². The van der Waals surface area contributed by atoms with Crippen LogP contribution in [0.5, 0.6) is 0 Å². The molecule has 1 N–H and O–H groups in total. The molecule has 0 radical (unpaired) electrons. The largest absolute Gasteiger partial charge is 0.506 e. The lowest BCUT2D eigenvalue weighted by atomic mass is 10.1. The Bertz CT molecular complexity index is 920. The van der Waals surface area contributed by atoms with E-state index in [9.17, 15) is 15.2 Å². The van der Waals surface area contributed by atoms with E-state index in [2.05, 4.69) is 4.99 Å². The molecule has 0 fully saturated rings. The molecule has 1 aliphatic rings. The number of benzene rings is 2. The molecule has 2 aromatic carbocycles. The zero-order valence-corrected chi connectivity index (χ0v) is 13.1. The summed E-state index contributed by atoms with van der Waals surface area (Å²) in [5, 5.41) is 20.3. The van der Waals surface area contributed by atoms with Crippen molar-refractivity contribution in [1.82, 2.24) is 0 Å². The number of aliphatic imine (C=N–C) groups is 1. The van der Waals surface area contributed by atoms with Gasteiger partial charge < -0.3 is 5.11 Å². The Labute approximate surface area is 141 Å². The second-order valence-electron chi connectivity index (χ2n) is 4.80.